The molecule has 0 aliphatic carbocycles. The van der Waals surface area contributed by atoms with Crippen molar-refractivity contribution in [2.75, 3.05) is 11.9 Å². The molecule has 2 N–H and O–H groups in total. The molecule has 1 heterocycles. The molecule has 3 aromatic rings. The first-order valence-electron chi connectivity index (χ1n) is 8.85. The van der Waals surface area contributed by atoms with Crippen molar-refractivity contribution >= 4 is 39.7 Å². The van der Waals surface area contributed by atoms with Crippen molar-refractivity contribution in [1.29, 1.82) is 0 Å². The zero-order valence-corrected chi connectivity index (χ0v) is 17.0. The van der Waals surface area contributed by atoms with E-state index in [-0.39, 0.29) is 11.0 Å². The third-order valence-corrected chi connectivity index (χ3v) is 5.02. The predicted molar refractivity (Wildman–Crippen MR) is 115 cm³/mol. The SMILES string of the molecule is CCc1nnc(NC(=S)NC(=O)c2ccc(OCCc3ccccc3)cc2)s1. The number of amides is 1. The Hall–Kier alpha value is -2.84. The van der Waals surface area contributed by atoms with Gasteiger partial charge in [0.05, 0.1) is 6.61 Å². The Labute approximate surface area is 173 Å². The minimum Gasteiger partial charge on any atom is -0.493 e. The van der Waals surface area contributed by atoms with E-state index in [4.69, 9.17) is 17.0 Å². The van der Waals surface area contributed by atoms with Crippen LogP contribution in [0.2, 0.25) is 0 Å². The molecule has 144 valence electrons. The molecule has 0 aliphatic rings. The summed E-state index contributed by atoms with van der Waals surface area (Å²) in [6, 6.07) is 17.1. The summed E-state index contributed by atoms with van der Waals surface area (Å²) in [5.74, 6) is 0.419. The second-order valence-electron chi connectivity index (χ2n) is 5.87. The highest BCUT2D eigenvalue weighted by molar-refractivity contribution is 7.80. The first-order valence-corrected chi connectivity index (χ1v) is 10.1. The molecule has 0 saturated heterocycles. The van der Waals surface area contributed by atoms with Gasteiger partial charge >= 0.3 is 0 Å². The largest absolute Gasteiger partial charge is 0.493 e. The molecule has 0 fully saturated rings. The van der Waals surface area contributed by atoms with Crippen molar-refractivity contribution in [3.05, 3.63) is 70.7 Å². The summed E-state index contributed by atoms with van der Waals surface area (Å²) in [5, 5.41) is 15.1. The third-order valence-electron chi connectivity index (χ3n) is 3.84. The van der Waals surface area contributed by atoms with E-state index in [1.165, 1.54) is 16.9 Å². The van der Waals surface area contributed by atoms with Gasteiger partial charge in [-0.1, -0.05) is 48.6 Å². The zero-order chi connectivity index (χ0) is 19.8. The van der Waals surface area contributed by atoms with Crippen LogP contribution in [0.4, 0.5) is 5.13 Å². The van der Waals surface area contributed by atoms with Crippen molar-refractivity contribution in [2.45, 2.75) is 19.8 Å². The standard InChI is InChI=1S/C20H20N4O2S2/c1-2-17-23-24-20(28-17)22-19(27)21-18(25)15-8-10-16(11-9-15)26-13-12-14-6-4-3-5-7-14/h3-11H,2,12-13H2,1H3,(H2,21,22,24,25,27). The van der Waals surface area contributed by atoms with Crippen LogP contribution in [0.15, 0.2) is 54.6 Å². The van der Waals surface area contributed by atoms with E-state index >= 15 is 0 Å². The predicted octanol–water partition coefficient (Wildman–Crippen LogP) is 3.85. The number of nitrogens with zero attached hydrogens (tertiary/aromatic N) is 2. The molecule has 1 amide bonds. The van der Waals surface area contributed by atoms with Crippen LogP contribution in [0, 0.1) is 0 Å². The molecule has 0 aliphatic heterocycles. The molecule has 6 nitrogen and oxygen atoms in total. The smallest absolute Gasteiger partial charge is 0.257 e. The Morgan fingerprint density at radius 1 is 1.11 bits per heavy atom. The topological polar surface area (TPSA) is 76.1 Å². The molecule has 3 rings (SSSR count). The summed E-state index contributed by atoms with van der Waals surface area (Å²) in [6.45, 7) is 2.57. The number of ether oxygens (including phenoxy) is 1. The Bertz CT molecular complexity index is 927. The number of rotatable bonds is 7. The number of benzene rings is 2. The van der Waals surface area contributed by atoms with Crippen LogP contribution in [0.25, 0.3) is 0 Å². The van der Waals surface area contributed by atoms with Gasteiger partial charge in [0, 0.05) is 12.0 Å². The quantitative estimate of drug-likeness (QED) is 0.574. The van der Waals surface area contributed by atoms with Crippen LogP contribution in [-0.2, 0) is 12.8 Å². The average Bonchev–Trinajstić information content (AvgIpc) is 3.16. The maximum atomic E-state index is 12.3. The van der Waals surface area contributed by atoms with Crippen LogP contribution in [0.5, 0.6) is 5.75 Å². The number of carbonyl (C=O) groups is 1. The number of thiocarbonyl (C=S) groups is 1. The number of aromatic nitrogens is 2. The van der Waals surface area contributed by atoms with Crippen LogP contribution < -0.4 is 15.4 Å². The molecular formula is C20H20N4O2S2. The van der Waals surface area contributed by atoms with E-state index in [2.05, 4.69) is 33.0 Å². The Morgan fingerprint density at radius 2 is 1.86 bits per heavy atom. The van der Waals surface area contributed by atoms with Gasteiger partial charge in [-0.25, -0.2) is 0 Å². The molecule has 8 heteroatoms. The number of hydrogen-bond donors (Lipinski definition) is 2. The number of hydrogen-bond acceptors (Lipinski definition) is 6. The van der Waals surface area contributed by atoms with E-state index in [9.17, 15) is 4.79 Å². The molecule has 2 aromatic carbocycles. The van der Waals surface area contributed by atoms with E-state index in [1.807, 2.05) is 25.1 Å². The minimum atomic E-state index is -0.298. The Kier molecular flexibility index (Phi) is 7.05. The van der Waals surface area contributed by atoms with Gasteiger partial charge in [0.15, 0.2) is 5.11 Å². The van der Waals surface area contributed by atoms with Crippen molar-refractivity contribution in [1.82, 2.24) is 15.5 Å². The molecule has 0 saturated carbocycles. The fourth-order valence-electron chi connectivity index (χ4n) is 2.38. The molecule has 0 atom stereocenters. The fourth-order valence-corrected chi connectivity index (χ4v) is 3.32. The first-order chi connectivity index (χ1) is 13.6. The van der Waals surface area contributed by atoms with Gasteiger partial charge in [0.2, 0.25) is 5.13 Å². The molecular weight excluding hydrogens is 392 g/mol. The van der Waals surface area contributed by atoms with Gasteiger partial charge in [-0.05, 0) is 48.5 Å². The van der Waals surface area contributed by atoms with E-state index in [1.54, 1.807) is 24.3 Å². The second-order valence-corrected chi connectivity index (χ2v) is 7.34. The highest BCUT2D eigenvalue weighted by Crippen LogP contribution is 2.16. The molecule has 0 spiro atoms. The summed E-state index contributed by atoms with van der Waals surface area (Å²) in [6.07, 6.45) is 1.63. The van der Waals surface area contributed by atoms with Gasteiger partial charge in [-0.2, -0.15) is 0 Å². The van der Waals surface area contributed by atoms with Crippen LogP contribution >= 0.6 is 23.6 Å². The Balaban J connectivity index is 1.46. The van der Waals surface area contributed by atoms with E-state index in [0.717, 1.165) is 17.8 Å². The first kappa shape index (κ1) is 19.9. The normalized spacial score (nSPS) is 10.3. The van der Waals surface area contributed by atoms with Gasteiger partial charge in [0.25, 0.3) is 5.91 Å². The Morgan fingerprint density at radius 3 is 2.54 bits per heavy atom. The lowest BCUT2D eigenvalue weighted by Crippen LogP contribution is -2.34. The van der Waals surface area contributed by atoms with Gasteiger partial charge in [-0.15, -0.1) is 10.2 Å². The van der Waals surface area contributed by atoms with Crippen molar-refractivity contribution in [2.24, 2.45) is 0 Å². The summed E-state index contributed by atoms with van der Waals surface area (Å²) in [7, 11) is 0. The van der Waals surface area contributed by atoms with Crippen molar-refractivity contribution in [3.8, 4) is 5.75 Å². The van der Waals surface area contributed by atoms with Crippen LogP contribution in [0.3, 0.4) is 0 Å². The molecule has 28 heavy (non-hydrogen) atoms. The highest BCUT2D eigenvalue weighted by atomic mass is 32.1. The summed E-state index contributed by atoms with van der Waals surface area (Å²) >= 11 is 6.56. The lowest BCUT2D eigenvalue weighted by Gasteiger charge is -2.09. The second kappa shape index (κ2) is 9.91. The summed E-state index contributed by atoms with van der Waals surface area (Å²) in [5.41, 5.74) is 1.71. The minimum absolute atomic E-state index is 0.187. The average molecular weight is 413 g/mol. The van der Waals surface area contributed by atoms with Crippen LogP contribution in [-0.4, -0.2) is 27.8 Å². The molecule has 1 aromatic heterocycles. The maximum Gasteiger partial charge on any atom is 0.257 e. The summed E-state index contributed by atoms with van der Waals surface area (Å²) in [4.78, 5) is 12.3. The number of aryl methyl sites for hydroxylation is 1. The summed E-state index contributed by atoms with van der Waals surface area (Å²) < 4.78 is 5.73. The van der Waals surface area contributed by atoms with Crippen molar-refractivity contribution in [3.63, 3.8) is 0 Å². The lowest BCUT2D eigenvalue weighted by atomic mass is 10.2. The number of nitrogens with one attached hydrogen (secondary N) is 2. The van der Waals surface area contributed by atoms with Gasteiger partial charge in [0.1, 0.15) is 10.8 Å². The monoisotopic (exact) mass is 412 g/mol. The maximum absolute atomic E-state index is 12.3. The fraction of sp³-hybridized carbons (Fsp3) is 0.200. The molecule has 0 radical (unpaired) electrons. The van der Waals surface area contributed by atoms with Gasteiger partial charge < -0.3 is 10.1 Å². The lowest BCUT2D eigenvalue weighted by molar-refractivity contribution is 0.0977. The molecule has 0 bridgehead atoms. The zero-order valence-electron chi connectivity index (χ0n) is 15.3. The van der Waals surface area contributed by atoms with Crippen molar-refractivity contribution < 1.29 is 9.53 Å². The van der Waals surface area contributed by atoms with E-state index in [0.29, 0.717) is 23.1 Å². The van der Waals surface area contributed by atoms with Crippen LogP contribution in [0.1, 0.15) is 27.9 Å². The third kappa shape index (κ3) is 5.83. The molecule has 0 unspecified atom stereocenters. The van der Waals surface area contributed by atoms with Gasteiger partial charge in [-0.3, -0.25) is 10.1 Å². The number of anilines is 1. The highest BCUT2D eigenvalue weighted by Gasteiger charge is 2.10. The van der Waals surface area contributed by atoms with E-state index < -0.39 is 0 Å². The number of carbonyl (C=O) groups excluding carboxylic acids is 1.